The van der Waals surface area contributed by atoms with Crippen molar-refractivity contribution in [3.8, 4) is 0 Å². The molecule has 0 saturated heterocycles. The molecule has 1 heterocycles. The van der Waals surface area contributed by atoms with E-state index in [1.807, 2.05) is 32.9 Å². The molecule has 1 N–H and O–H groups in total. The average molecular weight is 429 g/mol. The van der Waals surface area contributed by atoms with Crippen molar-refractivity contribution in [2.45, 2.75) is 38.7 Å². The number of anilines is 1. The van der Waals surface area contributed by atoms with Gasteiger partial charge < -0.3 is 9.26 Å². The van der Waals surface area contributed by atoms with Gasteiger partial charge >= 0.3 is 5.97 Å². The second kappa shape index (κ2) is 9.08. The minimum absolute atomic E-state index is 0.0369. The summed E-state index contributed by atoms with van der Waals surface area (Å²) < 4.78 is 37.7. The predicted molar refractivity (Wildman–Crippen MR) is 110 cm³/mol. The molecule has 30 heavy (non-hydrogen) atoms. The first-order chi connectivity index (χ1) is 14.2. The summed E-state index contributed by atoms with van der Waals surface area (Å²) in [6, 6.07) is 12.5. The standard InChI is InChI=1S/C21H23N3O5S/c1-14(2)12-19-22-20(29-23-19)13-28-21(25)16-6-10-18(11-7-16)30(26,27)24-17-8-4-15(3)5-9-17/h4-11,14,24H,12-13H2,1-3H3. The molecule has 2 aromatic carbocycles. The van der Waals surface area contributed by atoms with Crippen LogP contribution in [-0.2, 0) is 27.8 Å². The van der Waals surface area contributed by atoms with Gasteiger partial charge in [-0.15, -0.1) is 0 Å². The molecule has 0 atom stereocenters. The first-order valence-electron chi connectivity index (χ1n) is 9.41. The molecule has 9 heteroatoms. The molecule has 158 valence electrons. The van der Waals surface area contributed by atoms with Crippen molar-refractivity contribution in [2.75, 3.05) is 4.72 Å². The fourth-order valence-corrected chi connectivity index (χ4v) is 3.67. The van der Waals surface area contributed by atoms with Crippen LogP contribution in [0.1, 0.15) is 41.5 Å². The van der Waals surface area contributed by atoms with Gasteiger partial charge in [-0.2, -0.15) is 4.98 Å². The van der Waals surface area contributed by atoms with Crippen LogP contribution in [-0.4, -0.2) is 24.5 Å². The fraction of sp³-hybridized carbons (Fsp3) is 0.286. The highest BCUT2D eigenvalue weighted by Crippen LogP contribution is 2.18. The maximum absolute atomic E-state index is 12.5. The summed E-state index contributed by atoms with van der Waals surface area (Å²) in [4.78, 5) is 16.4. The zero-order chi connectivity index (χ0) is 21.7. The summed E-state index contributed by atoms with van der Waals surface area (Å²) in [7, 11) is -3.77. The molecule has 3 aromatic rings. The Morgan fingerprint density at radius 2 is 1.77 bits per heavy atom. The second-order valence-corrected chi connectivity index (χ2v) is 8.96. The van der Waals surface area contributed by atoms with Gasteiger partial charge in [-0.1, -0.05) is 36.7 Å². The molecule has 0 saturated carbocycles. The summed E-state index contributed by atoms with van der Waals surface area (Å²) in [6.45, 7) is 5.84. The molecule has 0 aliphatic rings. The second-order valence-electron chi connectivity index (χ2n) is 7.27. The normalized spacial score (nSPS) is 11.5. The number of rotatable bonds is 8. The van der Waals surface area contributed by atoms with E-state index in [0.717, 1.165) is 5.56 Å². The quantitative estimate of drug-likeness (QED) is 0.543. The fourth-order valence-electron chi connectivity index (χ4n) is 2.61. The highest BCUT2D eigenvalue weighted by molar-refractivity contribution is 7.92. The Morgan fingerprint density at radius 1 is 1.10 bits per heavy atom. The molecular formula is C21H23N3O5S. The Morgan fingerprint density at radius 3 is 2.40 bits per heavy atom. The molecule has 0 radical (unpaired) electrons. The molecule has 1 aromatic heterocycles. The number of nitrogens with one attached hydrogen (secondary N) is 1. The topological polar surface area (TPSA) is 111 Å². The van der Waals surface area contributed by atoms with Gasteiger partial charge in [0.15, 0.2) is 12.4 Å². The van der Waals surface area contributed by atoms with Crippen LogP contribution in [0.4, 0.5) is 5.69 Å². The maximum Gasteiger partial charge on any atom is 0.338 e. The van der Waals surface area contributed by atoms with Gasteiger partial charge in [0.1, 0.15) is 0 Å². The zero-order valence-corrected chi connectivity index (χ0v) is 17.8. The van der Waals surface area contributed by atoms with Crippen molar-refractivity contribution in [2.24, 2.45) is 5.92 Å². The van der Waals surface area contributed by atoms with E-state index < -0.39 is 16.0 Å². The van der Waals surface area contributed by atoms with E-state index in [-0.39, 0.29) is 23.0 Å². The van der Waals surface area contributed by atoms with Crippen LogP contribution >= 0.6 is 0 Å². The van der Waals surface area contributed by atoms with Gasteiger partial charge in [-0.25, -0.2) is 13.2 Å². The van der Waals surface area contributed by atoms with Crippen LogP contribution < -0.4 is 4.72 Å². The first-order valence-corrected chi connectivity index (χ1v) is 10.9. The van der Waals surface area contributed by atoms with Gasteiger partial charge in [0.25, 0.3) is 15.9 Å². The van der Waals surface area contributed by atoms with Gasteiger partial charge in [0.05, 0.1) is 10.5 Å². The van der Waals surface area contributed by atoms with Crippen molar-refractivity contribution in [3.63, 3.8) is 0 Å². The lowest BCUT2D eigenvalue weighted by Gasteiger charge is -2.09. The number of hydrogen-bond acceptors (Lipinski definition) is 7. The van der Waals surface area contributed by atoms with Crippen molar-refractivity contribution in [1.29, 1.82) is 0 Å². The van der Waals surface area contributed by atoms with Crippen LogP contribution in [0.2, 0.25) is 0 Å². The minimum Gasteiger partial charge on any atom is -0.452 e. The molecule has 0 aliphatic heterocycles. The predicted octanol–water partition coefficient (Wildman–Crippen LogP) is 3.73. The van der Waals surface area contributed by atoms with Gasteiger partial charge in [-0.3, -0.25) is 4.72 Å². The number of benzene rings is 2. The van der Waals surface area contributed by atoms with Crippen molar-refractivity contribution < 1.29 is 22.5 Å². The third-order valence-electron chi connectivity index (χ3n) is 4.13. The third kappa shape index (κ3) is 5.66. The Hall–Kier alpha value is -3.20. The molecule has 8 nitrogen and oxygen atoms in total. The lowest BCUT2D eigenvalue weighted by atomic mass is 10.1. The number of carbonyl (C=O) groups is 1. The van der Waals surface area contributed by atoms with E-state index in [4.69, 9.17) is 9.26 Å². The van der Waals surface area contributed by atoms with Crippen LogP contribution in [0.25, 0.3) is 0 Å². The van der Waals surface area contributed by atoms with Gasteiger partial charge in [0, 0.05) is 12.1 Å². The summed E-state index contributed by atoms with van der Waals surface area (Å²) >= 11 is 0. The number of ether oxygens (including phenoxy) is 1. The van der Waals surface area contributed by atoms with Gasteiger partial charge in [0.2, 0.25) is 0 Å². The van der Waals surface area contributed by atoms with E-state index in [0.29, 0.717) is 23.9 Å². The molecule has 0 amide bonds. The van der Waals surface area contributed by atoms with E-state index in [9.17, 15) is 13.2 Å². The minimum atomic E-state index is -3.77. The van der Waals surface area contributed by atoms with E-state index >= 15 is 0 Å². The Kier molecular flexibility index (Phi) is 6.51. The largest absolute Gasteiger partial charge is 0.452 e. The van der Waals surface area contributed by atoms with E-state index in [1.165, 1.54) is 24.3 Å². The van der Waals surface area contributed by atoms with Crippen LogP contribution in [0.5, 0.6) is 0 Å². The van der Waals surface area contributed by atoms with Crippen LogP contribution in [0, 0.1) is 12.8 Å². The Bertz CT molecular complexity index is 1100. The summed E-state index contributed by atoms with van der Waals surface area (Å²) in [5.74, 6) is 0.537. The number of nitrogens with zero attached hydrogens (tertiary/aromatic N) is 2. The molecule has 0 spiro atoms. The Labute approximate surface area is 175 Å². The van der Waals surface area contributed by atoms with Crippen LogP contribution in [0.15, 0.2) is 57.9 Å². The first kappa shape index (κ1) is 21.5. The van der Waals surface area contributed by atoms with Crippen LogP contribution in [0.3, 0.4) is 0 Å². The summed E-state index contributed by atoms with van der Waals surface area (Å²) in [6.07, 6.45) is 0.671. The maximum atomic E-state index is 12.5. The number of carbonyl (C=O) groups excluding carboxylic acids is 1. The smallest absolute Gasteiger partial charge is 0.338 e. The molecule has 3 rings (SSSR count). The van der Waals surface area contributed by atoms with Gasteiger partial charge in [-0.05, 0) is 49.2 Å². The molecule has 0 bridgehead atoms. The molecule has 0 fully saturated rings. The number of sulfonamides is 1. The van der Waals surface area contributed by atoms with Crippen molar-refractivity contribution >= 4 is 21.7 Å². The highest BCUT2D eigenvalue weighted by atomic mass is 32.2. The summed E-state index contributed by atoms with van der Waals surface area (Å²) in [5.41, 5.74) is 1.70. The molecular weight excluding hydrogens is 406 g/mol. The van der Waals surface area contributed by atoms with E-state index in [2.05, 4.69) is 14.9 Å². The Balaban J connectivity index is 1.60. The third-order valence-corrected chi connectivity index (χ3v) is 5.53. The number of aryl methyl sites for hydroxylation is 1. The molecule has 0 unspecified atom stereocenters. The average Bonchev–Trinajstić information content (AvgIpc) is 3.14. The SMILES string of the molecule is Cc1ccc(NS(=O)(=O)c2ccc(C(=O)OCc3nc(CC(C)C)no3)cc2)cc1. The lowest BCUT2D eigenvalue weighted by molar-refractivity contribution is 0.0429. The van der Waals surface area contributed by atoms with E-state index in [1.54, 1.807) is 12.1 Å². The zero-order valence-electron chi connectivity index (χ0n) is 17.0. The van der Waals surface area contributed by atoms with Crippen molar-refractivity contribution in [1.82, 2.24) is 10.1 Å². The van der Waals surface area contributed by atoms with Crippen molar-refractivity contribution in [3.05, 3.63) is 71.4 Å². The number of esters is 1. The molecule has 0 aliphatic carbocycles. The highest BCUT2D eigenvalue weighted by Gasteiger charge is 2.17. The lowest BCUT2D eigenvalue weighted by Crippen LogP contribution is -2.13. The monoisotopic (exact) mass is 429 g/mol. The number of aromatic nitrogens is 2. The number of hydrogen-bond donors (Lipinski definition) is 1. The summed E-state index contributed by atoms with van der Waals surface area (Å²) in [5, 5.41) is 3.83.